The number of halogens is 1. The molecule has 0 saturated heterocycles. The first-order valence-electron chi connectivity index (χ1n) is 15.4. The van der Waals surface area contributed by atoms with Crippen molar-refractivity contribution in [3.05, 3.63) is 88.9 Å². The summed E-state index contributed by atoms with van der Waals surface area (Å²) in [6.07, 6.45) is 6.87. The summed E-state index contributed by atoms with van der Waals surface area (Å²) < 4.78 is 37.7. The fourth-order valence-corrected chi connectivity index (χ4v) is 7.11. The average Bonchev–Trinajstić information content (AvgIpc) is 3.50. The van der Waals surface area contributed by atoms with Gasteiger partial charge in [-0.05, 0) is 48.6 Å². The van der Waals surface area contributed by atoms with Gasteiger partial charge in [0.25, 0.3) is 0 Å². The zero-order valence-corrected chi connectivity index (χ0v) is 27.1. The number of rotatable bonds is 13. The molecule has 45 heavy (non-hydrogen) atoms. The van der Waals surface area contributed by atoms with Crippen LogP contribution in [0.5, 0.6) is 11.5 Å². The van der Waals surface area contributed by atoms with E-state index < -0.39 is 16.1 Å². The van der Waals surface area contributed by atoms with Gasteiger partial charge in [0.15, 0.2) is 11.5 Å². The Morgan fingerprint density at radius 1 is 0.956 bits per heavy atom. The van der Waals surface area contributed by atoms with Crippen molar-refractivity contribution in [1.82, 2.24) is 10.2 Å². The molecule has 0 spiro atoms. The second-order valence-electron chi connectivity index (χ2n) is 11.6. The summed E-state index contributed by atoms with van der Waals surface area (Å²) in [5.74, 6) is 0.572. The molecule has 1 fully saturated rings. The van der Waals surface area contributed by atoms with Crippen LogP contribution in [-0.2, 0) is 32.6 Å². The highest BCUT2D eigenvalue weighted by atomic mass is 35.5. The third kappa shape index (κ3) is 8.70. The molecule has 2 aliphatic rings. The van der Waals surface area contributed by atoms with Crippen LogP contribution in [0, 0.1) is 0 Å². The van der Waals surface area contributed by atoms with E-state index in [0.717, 1.165) is 49.5 Å². The Balaban J connectivity index is 1.38. The van der Waals surface area contributed by atoms with E-state index in [1.807, 2.05) is 48.5 Å². The number of fused-ring (bicyclic) bond motifs is 1. The second-order valence-corrected chi connectivity index (χ2v) is 14.0. The summed E-state index contributed by atoms with van der Waals surface area (Å²) in [5.41, 5.74) is 2.09. The fraction of sp³-hybridized carbons (Fsp3) is 0.412. The van der Waals surface area contributed by atoms with Crippen LogP contribution in [0.1, 0.15) is 56.1 Å². The number of carbonyl (C=O) groups is 2. The van der Waals surface area contributed by atoms with Gasteiger partial charge < -0.3 is 19.7 Å². The first-order valence-corrected chi connectivity index (χ1v) is 17.7. The molecule has 1 aliphatic heterocycles. The van der Waals surface area contributed by atoms with Gasteiger partial charge in [0.2, 0.25) is 28.6 Å². The Morgan fingerprint density at radius 3 is 2.40 bits per heavy atom. The lowest BCUT2D eigenvalue weighted by molar-refractivity contribution is -0.141. The lowest BCUT2D eigenvalue weighted by atomic mass is 9.94. The van der Waals surface area contributed by atoms with Crippen molar-refractivity contribution in [2.75, 3.05) is 23.9 Å². The quantitative estimate of drug-likeness (QED) is 0.254. The average molecular weight is 654 g/mol. The number of nitrogens with one attached hydrogen (secondary N) is 1. The molecule has 9 nitrogen and oxygen atoms in total. The van der Waals surface area contributed by atoms with Gasteiger partial charge in [-0.2, -0.15) is 0 Å². The van der Waals surface area contributed by atoms with Crippen LogP contribution >= 0.6 is 11.6 Å². The second kappa shape index (κ2) is 15.0. The molecule has 0 bridgehead atoms. The maximum absolute atomic E-state index is 14.1. The van der Waals surface area contributed by atoms with Crippen LogP contribution in [0.15, 0.2) is 72.8 Å². The summed E-state index contributed by atoms with van der Waals surface area (Å²) in [6, 6.07) is 21.2. The van der Waals surface area contributed by atoms with E-state index in [9.17, 15) is 18.0 Å². The Morgan fingerprint density at radius 2 is 1.67 bits per heavy atom. The predicted octanol–water partition coefficient (Wildman–Crippen LogP) is 5.70. The molecule has 1 N–H and O–H groups in total. The van der Waals surface area contributed by atoms with Gasteiger partial charge >= 0.3 is 0 Å². The molecule has 1 aliphatic carbocycles. The number of anilines is 1. The highest BCUT2D eigenvalue weighted by Crippen LogP contribution is 2.36. The van der Waals surface area contributed by atoms with Crippen LogP contribution in [0.4, 0.5) is 5.69 Å². The molecule has 0 radical (unpaired) electrons. The zero-order chi connectivity index (χ0) is 31.8. The first kappa shape index (κ1) is 32.6. The number of benzene rings is 3. The molecule has 11 heteroatoms. The molecule has 240 valence electrons. The van der Waals surface area contributed by atoms with E-state index in [1.54, 1.807) is 29.2 Å². The third-order valence-electron chi connectivity index (χ3n) is 8.32. The van der Waals surface area contributed by atoms with Crippen LogP contribution in [0.25, 0.3) is 0 Å². The maximum Gasteiger partial charge on any atom is 0.243 e. The van der Waals surface area contributed by atoms with Crippen molar-refractivity contribution in [1.29, 1.82) is 0 Å². The zero-order valence-electron chi connectivity index (χ0n) is 25.5. The third-order valence-corrected chi connectivity index (χ3v) is 9.88. The maximum atomic E-state index is 14.1. The summed E-state index contributed by atoms with van der Waals surface area (Å²) >= 11 is 6.55. The topological polar surface area (TPSA) is 105 Å². The number of sulfonamides is 1. The van der Waals surface area contributed by atoms with E-state index in [2.05, 4.69) is 5.32 Å². The van der Waals surface area contributed by atoms with Crippen LogP contribution in [0.2, 0.25) is 5.02 Å². The fourth-order valence-electron chi connectivity index (χ4n) is 5.95. The highest BCUT2D eigenvalue weighted by molar-refractivity contribution is 7.92. The SMILES string of the molecule is CS(=O)(=O)N(CCCC(=O)N(Cc1ccccc1Cl)[C@@H](Cc1ccccc1)C(=O)NC1CCCCC1)c1ccc2c(c1)OCO2. The van der Waals surface area contributed by atoms with Crippen LogP contribution in [0.3, 0.4) is 0 Å². The molecule has 2 amide bonds. The van der Waals surface area contributed by atoms with Crippen LogP contribution in [-0.4, -0.2) is 56.8 Å². The lowest BCUT2D eigenvalue weighted by Crippen LogP contribution is -2.53. The lowest BCUT2D eigenvalue weighted by Gasteiger charge is -2.34. The minimum absolute atomic E-state index is 0.0308. The number of ether oxygens (including phenoxy) is 2. The Bertz CT molecular complexity index is 1580. The normalized spacial score (nSPS) is 15.3. The summed E-state index contributed by atoms with van der Waals surface area (Å²) in [4.78, 5) is 29.7. The monoisotopic (exact) mass is 653 g/mol. The van der Waals surface area contributed by atoms with Gasteiger partial charge in [0, 0.05) is 43.1 Å². The number of amides is 2. The van der Waals surface area contributed by atoms with Crippen molar-refractivity contribution >= 4 is 39.1 Å². The molecular formula is C34H40ClN3O6S. The Labute approximate surface area is 270 Å². The van der Waals surface area contributed by atoms with Crippen molar-refractivity contribution in [3.8, 4) is 11.5 Å². The van der Waals surface area contributed by atoms with E-state index in [-0.39, 0.29) is 50.6 Å². The molecule has 0 aromatic heterocycles. The number of nitrogens with zero attached hydrogens (tertiary/aromatic N) is 2. The van der Waals surface area contributed by atoms with Crippen molar-refractivity contribution in [2.45, 2.75) is 70.0 Å². The Kier molecular flexibility index (Phi) is 10.9. The molecule has 3 aromatic rings. The molecule has 1 atom stereocenters. The minimum atomic E-state index is -3.66. The number of hydrogen-bond donors (Lipinski definition) is 1. The Hall–Kier alpha value is -3.76. The van der Waals surface area contributed by atoms with E-state index in [0.29, 0.717) is 28.6 Å². The van der Waals surface area contributed by atoms with Crippen molar-refractivity contribution < 1.29 is 27.5 Å². The van der Waals surface area contributed by atoms with Gasteiger partial charge in [-0.3, -0.25) is 13.9 Å². The van der Waals surface area contributed by atoms with Crippen molar-refractivity contribution in [3.63, 3.8) is 0 Å². The molecular weight excluding hydrogens is 614 g/mol. The highest BCUT2D eigenvalue weighted by Gasteiger charge is 2.32. The molecule has 3 aromatic carbocycles. The minimum Gasteiger partial charge on any atom is -0.454 e. The number of carbonyl (C=O) groups excluding carboxylic acids is 2. The van der Waals surface area contributed by atoms with E-state index in [1.165, 1.54) is 4.31 Å². The van der Waals surface area contributed by atoms with Gasteiger partial charge in [-0.1, -0.05) is 79.4 Å². The summed E-state index contributed by atoms with van der Waals surface area (Å²) in [7, 11) is -3.66. The summed E-state index contributed by atoms with van der Waals surface area (Å²) in [5, 5.41) is 3.74. The molecule has 1 saturated carbocycles. The van der Waals surface area contributed by atoms with E-state index >= 15 is 0 Å². The van der Waals surface area contributed by atoms with Crippen LogP contribution < -0.4 is 19.1 Å². The van der Waals surface area contributed by atoms with E-state index in [4.69, 9.17) is 21.1 Å². The van der Waals surface area contributed by atoms with Gasteiger partial charge in [0.1, 0.15) is 6.04 Å². The first-order chi connectivity index (χ1) is 21.7. The molecule has 1 heterocycles. The summed E-state index contributed by atoms with van der Waals surface area (Å²) in [6.45, 7) is 0.291. The van der Waals surface area contributed by atoms with Gasteiger partial charge in [0.05, 0.1) is 11.9 Å². The van der Waals surface area contributed by atoms with Gasteiger partial charge in [-0.15, -0.1) is 0 Å². The largest absolute Gasteiger partial charge is 0.454 e. The molecule has 5 rings (SSSR count). The van der Waals surface area contributed by atoms with Crippen molar-refractivity contribution in [2.24, 2.45) is 0 Å². The number of hydrogen-bond acceptors (Lipinski definition) is 6. The smallest absolute Gasteiger partial charge is 0.243 e. The predicted molar refractivity (Wildman–Crippen MR) is 175 cm³/mol. The molecule has 0 unspecified atom stereocenters. The standard InChI is InChI=1S/C34H40ClN3O6S/c1-45(41,42)38(28-18-19-31-32(22-28)44-24-43-31)20-10-17-33(39)37(23-26-13-8-9-16-29(26)35)30(21-25-11-4-2-5-12-25)34(40)36-27-14-6-3-7-15-27/h2,4-5,8-9,11-13,16,18-19,22,27,30H,3,6-7,10,14-15,17,20-21,23-24H2,1H3,(H,36,40)/t30-/m0/s1. The van der Waals surface area contributed by atoms with Gasteiger partial charge in [-0.25, -0.2) is 8.42 Å².